The van der Waals surface area contributed by atoms with Crippen LogP contribution < -0.4 is 5.32 Å². The lowest BCUT2D eigenvalue weighted by atomic mass is 10.2. The van der Waals surface area contributed by atoms with E-state index in [1.165, 1.54) is 0 Å². The maximum absolute atomic E-state index is 11.1. The molecule has 0 aliphatic rings. The second kappa shape index (κ2) is 6.85. The van der Waals surface area contributed by atoms with E-state index in [2.05, 4.69) is 22.4 Å². The van der Waals surface area contributed by atoms with Crippen LogP contribution in [0.15, 0.2) is 22.7 Å². The maximum Gasteiger partial charge on any atom is 0.152 e. The summed E-state index contributed by atoms with van der Waals surface area (Å²) in [4.78, 5) is 0. The summed E-state index contributed by atoms with van der Waals surface area (Å²) in [5.74, 6) is 2.41. The molecule has 0 bridgehead atoms. The molecular formula is C14H21N3O2S. The number of nitrogens with zero attached hydrogens (tertiary/aromatic N) is 1. The standard InChI is InChI=1S/C14H21N3O2S/c1-10(6-7-20(3)18)15-8-12-9-16-17-14(12)13-5-4-11(2)19-13/h4-5,9-10,15H,6-8H2,1-3H3,(H,16,17). The number of hydrogen-bond acceptors (Lipinski definition) is 4. The van der Waals surface area contributed by atoms with E-state index in [0.717, 1.165) is 35.0 Å². The molecule has 0 amide bonds. The smallest absolute Gasteiger partial charge is 0.152 e. The highest BCUT2D eigenvalue weighted by Gasteiger charge is 2.12. The number of aryl methyl sites for hydroxylation is 1. The van der Waals surface area contributed by atoms with Crippen LogP contribution in [0.4, 0.5) is 0 Å². The normalized spacial score (nSPS) is 14.3. The average Bonchev–Trinajstić information content (AvgIpc) is 3.02. The lowest BCUT2D eigenvalue weighted by Gasteiger charge is -2.12. The Kier molecular flexibility index (Phi) is 5.14. The molecule has 0 fully saturated rings. The average molecular weight is 295 g/mol. The number of furan rings is 1. The van der Waals surface area contributed by atoms with E-state index >= 15 is 0 Å². The van der Waals surface area contributed by atoms with Crippen molar-refractivity contribution in [1.82, 2.24) is 15.5 Å². The van der Waals surface area contributed by atoms with Gasteiger partial charge in [0.2, 0.25) is 0 Å². The third-order valence-electron chi connectivity index (χ3n) is 3.18. The minimum absolute atomic E-state index is 0.319. The topological polar surface area (TPSA) is 70.9 Å². The Balaban J connectivity index is 1.94. The molecule has 2 atom stereocenters. The Morgan fingerprint density at radius 2 is 2.30 bits per heavy atom. The number of H-pyrrole nitrogens is 1. The van der Waals surface area contributed by atoms with Gasteiger partial charge in [-0.3, -0.25) is 9.31 Å². The fourth-order valence-corrected chi connectivity index (χ4v) is 2.64. The molecule has 0 aliphatic heterocycles. The molecule has 6 heteroatoms. The molecule has 20 heavy (non-hydrogen) atoms. The summed E-state index contributed by atoms with van der Waals surface area (Å²) >= 11 is 0. The van der Waals surface area contributed by atoms with Crippen LogP contribution in [-0.2, 0) is 17.3 Å². The first-order valence-electron chi connectivity index (χ1n) is 6.68. The quantitative estimate of drug-likeness (QED) is 0.821. The van der Waals surface area contributed by atoms with E-state index in [4.69, 9.17) is 4.42 Å². The Hall–Kier alpha value is -1.40. The van der Waals surface area contributed by atoms with E-state index in [9.17, 15) is 4.21 Å². The zero-order chi connectivity index (χ0) is 14.5. The molecule has 110 valence electrons. The van der Waals surface area contributed by atoms with Crippen molar-refractivity contribution in [3.8, 4) is 11.5 Å². The van der Waals surface area contributed by atoms with Crippen molar-refractivity contribution in [3.63, 3.8) is 0 Å². The molecule has 0 radical (unpaired) electrons. The summed E-state index contributed by atoms with van der Waals surface area (Å²) in [6, 6.07) is 4.20. The van der Waals surface area contributed by atoms with Gasteiger partial charge in [0.05, 0.1) is 6.20 Å². The molecule has 0 spiro atoms. The molecule has 5 nitrogen and oxygen atoms in total. The highest BCUT2D eigenvalue weighted by atomic mass is 32.2. The molecule has 0 saturated carbocycles. The van der Waals surface area contributed by atoms with Gasteiger partial charge in [0.25, 0.3) is 0 Å². The highest BCUT2D eigenvalue weighted by molar-refractivity contribution is 7.84. The van der Waals surface area contributed by atoms with Gasteiger partial charge in [-0.15, -0.1) is 0 Å². The highest BCUT2D eigenvalue weighted by Crippen LogP contribution is 2.23. The zero-order valence-electron chi connectivity index (χ0n) is 12.1. The molecule has 2 rings (SSSR count). The van der Waals surface area contributed by atoms with Crippen LogP contribution in [0.1, 0.15) is 24.7 Å². The third-order valence-corrected chi connectivity index (χ3v) is 3.99. The minimum atomic E-state index is -0.731. The van der Waals surface area contributed by atoms with Crippen LogP contribution in [0.3, 0.4) is 0 Å². The Labute approximate surface area is 121 Å². The molecule has 0 aliphatic carbocycles. The summed E-state index contributed by atoms with van der Waals surface area (Å²) in [6.07, 6.45) is 4.45. The molecular weight excluding hydrogens is 274 g/mol. The van der Waals surface area contributed by atoms with E-state index in [0.29, 0.717) is 12.6 Å². The monoisotopic (exact) mass is 295 g/mol. The molecule has 0 saturated heterocycles. The van der Waals surface area contributed by atoms with Crippen LogP contribution >= 0.6 is 0 Å². The number of aromatic amines is 1. The van der Waals surface area contributed by atoms with E-state index in [-0.39, 0.29) is 0 Å². The summed E-state index contributed by atoms with van der Waals surface area (Å²) in [5, 5.41) is 10.5. The Morgan fingerprint density at radius 3 is 2.95 bits per heavy atom. The van der Waals surface area contributed by atoms with Gasteiger partial charge < -0.3 is 9.73 Å². The third kappa shape index (κ3) is 4.05. The van der Waals surface area contributed by atoms with Gasteiger partial charge in [-0.05, 0) is 32.4 Å². The van der Waals surface area contributed by atoms with Gasteiger partial charge in [-0.1, -0.05) is 0 Å². The van der Waals surface area contributed by atoms with Crippen LogP contribution in [0.2, 0.25) is 0 Å². The van der Waals surface area contributed by atoms with Crippen LogP contribution in [-0.4, -0.2) is 32.5 Å². The Bertz CT molecular complexity index is 576. The predicted octanol–water partition coefficient (Wildman–Crippen LogP) is 2.22. The van der Waals surface area contributed by atoms with Crippen molar-refractivity contribution >= 4 is 10.8 Å². The number of nitrogens with one attached hydrogen (secondary N) is 2. The molecule has 2 N–H and O–H groups in total. The number of rotatable bonds is 7. The molecule has 2 aromatic heterocycles. The lowest BCUT2D eigenvalue weighted by Crippen LogP contribution is -2.27. The van der Waals surface area contributed by atoms with Crippen molar-refractivity contribution in [2.24, 2.45) is 0 Å². The van der Waals surface area contributed by atoms with Gasteiger partial charge in [0, 0.05) is 41.0 Å². The van der Waals surface area contributed by atoms with Crippen LogP contribution in [0.25, 0.3) is 11.5 Å². The van der Waals surface area contributed by atoms with Crippen molar-refractivity contribution in [2.75, 3.05) is 12.0 Å². The molecule has 2 heterocycles. The van der Waals surface area contributed by atoms with Crippen molar-refractivity contribution in [3.05, 3.63) is 29.7 Å². The lowest BCUT2D eigenvalue weighted by molar-refractivity contribution is 0.530. The second-order valence-corrected chi connectivity index (χ2v) is 6.58. The van der Waals surface area contributed by atoms with Gasteiger partial charge in [-0.25, -0.2) is 0 Å². The van der Waals surface area contributed by atoms with Crippen molar-refractivity contribution in [1.29, 1.82) is 0 Å². The number of aromatic nitrogens is 2. The van der Waals surface area contributed by atoms with Crippen molar-refractivity contribution in [2.45, 2.75) is 32.9 Å². The van der Waals surface area contributed by atoms with E-state index in [1.807, 2.05) is 25.3 Å². The zero-order valence-corrected chi connectivity index (χ0v) is 12.9. The number of hydrogen-bond donors (Lipinski definition) is 2. The van der Waals surface area contributed by atoms with Crippen LogP contribution in [0.5, 0.6) is 0 Å². The van der Waals surface area contributed by atoms with Gasteiger partial charge in [0.1, 0.15) is 11.5 Å². The van der Waals surface area contributed by atoms with Crippen molar-refractivity contribution < 1.29 is 8.63 Å². The maximum atomic E-state index is 11.1. The SMILES string of the molecule is Cc1ccc(-c2[nH]ncc2CNC(C)CCS(C)=O)o1. The summed E-state index contributed by atoms with van der Waals surface area (Å²) in [7, 11) is -0.731. The molecule has 2 aromatic rings. The first kappa shape index (κ1) is 15.0. The summed E-state index contributed by atoms with van der Waals surface area (Å²) < 4.78 is 16.7. The molecule has 2 unspecified atom stereocenters. The van der Waals surface area contributed by atoms with E-state index < -0.39 is 10.8 Å². The molecule has 0 aromatic carbocycles. The van der Waals surface area contributed by atoms with Gasteiger partial charge in [0.15, 0.2) is 5.76 Å². The Morgan fingerprint density at radius 1 is 1.50 bits per heavy atom. The summed E-state index contributed by atoms with van der Waals surface area (Å²) in [6.45, 7) is 4.73. The summed E-state index contributed by atoms with van der Waals surface area (Å²) in [5.41, 5.74) is 1.99. The van der Waals surface area contributed by atoms with Crippen LogP contribution in [0, 0.1) is 6.92 Å². The van der Waals surface area contributed by atoms with E-state index in [1.54, 1.807) is 6.26 Å². The minimum Gasteiger partial charge on any atom is -0.460 e. The second-order valence-electron chi connectivity index (χ2n) is 5.03. The first-order chi connectivity index (χ1) is 9.56. The fourth-order valence-electron chi connectivity index (χ4n) is 1.96. The van der Waals surface area contributed by atoms with Gasteiger partial charge >= 0.3 is 0 Å². The van der Waals surface area contributed by atoms with Gasteiger partial charge in [-0.2, -0.15) is 5.10 Å². The largest absolute Gasteiger partial charge is 0.460 e. The first-order valence-corrected chi connectivity index (χ1v) is 8.41. The fraction of sp³-hybridized carbons (Fsp3) is 0.500. The predicted molar refractivity (Wildman–Crippen MR) is 80.9 cm³/mol.